The first kappa shape index (κ1) is 10.4. The van der Waals surface area contributed by atoms with Crippen molar-refractivity contribution in [2.24, 2.45) is 5.73 Å². The van der Waals surface area contributed by atoms with Crippen molar-refractivity contribution in [1.82, 2.24) is 5.32 Å². The van der Waals surface area contributed by atoms with Gasteiger partial charge in [-0.3, -0.25) is 9.59 Å². The van der Waals surface area contributed by atoms with Crippen LogP contribution in [0.15, 0.2) is 0 Å². The summed E-state index contributed by atoms with van der Waals surface area (Å²) in [6.45, 7) is 0.898. The Bertz CT molecular complexity index is 130. The lowest BCUT2D eigenvalue weighted by Crippen LogP contribution is -2.27. The number of amides is 1. The van der Waals surface area contributed by atoms with Crippen LogP contribution in [-0.4, -0.2) is 30.4 Å². The Balaban J connectivity index is 3.10. The fourth-order valence-electron chi connectivity index (χ4n) is 0.517. The van der Waals surface area contributed by atoms with Gasteiger partial charge in [0.05, 0.1) is 0 Å². The van der Waals surface area contributed by atoms with Gasteiger partial charge in [-0.1, -0.05) is 11.8 Å². The molecule has 0 aromatic carbocycles. The largest absolute Gasteiger partial charge is 0.355 e. The van der Waals surface area contributed by atoms with Gasteiger partial charge in [0.25, 0.3) is 0 Å². The van der Waals surface area contributed by atoms with Crippen LogP contribution in [0.1, 0.15) is 6.42 Å². The molecule has 0 atom stereocenters. The van der Waals surface area contributed by atoms with Crippen LogP contribution in [0.2, 0.25) is 0 Å². The van der Waals surface area contributed by atoms with Gasteiger partial charge in [0, 0.05) is 25.3 Å². The van der Waals surface area contributed by atoms with Gasteiger partial charge in [-0.05, 0) is 0 Å². The number of hydrogen-bond acceptors (Lipinski definition) is 4. The van der Waals surface area contributed by atoms with Crippen LogP contribution >= 0.6 is 11.8 Å². The molecule has 0 aliphatic carbocycles. The van der Waals surface area contributed by atoms with Crippen molar-refractivity contribution in [1.29, 1.82) is 0 Å². The van der Waals surface area contributed by atoms with Crippen molar-refractivity contribution < 1.29 is 9.59 Å². The third kappa shape index (κ3) is 7.35. The molecule has 0 fully saturated rings. The zero-order chi connectivity index (χ0) is 8.53. The van der Waals surface area contributed by atoms with E-state index in [4.69, 9.17) is 5.73 Å². The molecule has 0 aliphatic heterocycles. The van der Waals surface area contributed by atoms with Crippen LogP contribution in [0.4, 0.5) is 0 Å². The molecule has 3 N–H and O–H groups in total. The predicted octanol–water partition coefficient (Wildman–Crippen LogP) is -0.625. The molecule has 5 heteroatoms. The van der Waals surface area contributed by atoms with E-state index in [0.29, 0.717) is 25.3 Å². The van der Waals surface area contributed by atoms with Gasteiger partial charge in [0.1, 0.15) is 0 Å². The van der Waals surface area contributed by atoms with Crippen molar-refractivity contribution in [2.45, 2.75) is 6.42 Å². The Labute approximate surface area is 69.9 Å². The smallest absolute Gasteiger partial charge is 0.221 e. The van der Waals surface area contributed by atoms with E-state index in [-0.39, 0.29) is 5.91 Å². The number of nitrogens with one attached hydrogen (secondary N) is 1. The highest BCUT2D eigenvalue weighted by Crippen LogP contribution is 1.89. The van der Waals surface area contributed by atoms with Gasteiger partial charge in [0.2, 0.25) is 5.91 Å². The molecule has 0 bridgehead atoms. The molecule has 1 amide bonds. The second-order valence-corrected chi connectivity index (χ2v) is 2.79. The molecule has 64 valence electrons. The minimum Gasteiger partial charge on any atom is -0.355 e. The molecule has 0 saturated heterocycles. The number of rotatable bonds is 6. The average molecular weight is 176 g/mol. The van der Waals surface area contributed by atoms with Gasteiger partial charge in [-0.2, -0.15) is 0 Å². The average Bonchev–Trinajstić information content (AvgIpc) is 1.99. The van der Waals surface area contributed by atoms with E-state index in [9.17, 15) is 9.59 Å². The number of carbonyl (C=O) groups excluding carboxylic acids is 2. The topological polar surface area (TPSA) is 72.2 Å². The van der Waals surface area contributed by atoms with E-state index >= 15 is 0 Å². The van der Waals surface area contributed by atoms with Crippen LogP contribution in [0, 0.1) is 0 Å². The first-order chi connectivity index (χ1) is 5.31. The molecular formula is C6H12N2O2S. The lowest BCUT2D eigenvalue weighted by atomic mass is 10.4. The molecular weight excluding hydrogens is 164 g/mol. The van der Waals surface area contributed by atoms with Gasteiger partial charge >= 0.3 is 0 Å². The van der Waals surface area contributed by atoms with Crippen LogP contribution in [0.5, 0.6) is 0 Å². The Kier molecular flexibility index (Phi) is 7.18. The van der Waals surface area contributed by atoms with E-state index < -0.39 is 0 Å². The molecule has 4 nitrogen and oxygen atoms in total. The number of carbonyl (C=O) groups is 2. The van der Waals surface area contributed by atoms with E-state index in [1.165, 1.54) is 0 Å². The summed E-state index contributed by atoms with van der Waals surface area (Å²) in [5, 5.41) is 2.62. The second-order valence-electron chi connectivity index (χ2n) is 1.86. The van der Waals surface area contributed by atoms with Crippen LogP contribution in [-0.2, 0) is 9.59 Å². The monoisotopic (exact) mass is 176 g/mol. The molecule has 0 aliphatic rings. The summed E-state index contributed by atoms with van der Waals surface area (Å²) in [7, 11) is 0. The van der Waals surface area contributed by atoms with Crippen LogP contribution < -0.4 is 11.1 Å². The second kappa shape index (κ2) is 7.56. The Morgan fingerprint density at radius 2 is 2.36 bits per heavy atom. The fourth-order valence-corrected chi connectivity index (χ4v) is 0.833. The molecule has 0 heterocycles. The highest BCUT2D eigenvalue weighted by Gasteiger charge is 1.96. The molecule has 0 spiro atoms. The van der Waals surface area contributed by atoms with E-state index in [0.717, 1.165) is 17.4 Å². The highest BCUT2D eigenvalue weighted by molar-refractivity contribution is 8.11. The van der Waals surface area contributed by atoms with Crippen molar-refractivity contribution >= 4 is 23.3 Å². The summed E-state index contributed by atoms with van der Waals surface area (Å²) in [6, 6.07) is 0. The maximum Gasteiger partial charge on any atom is 0.221 e. The van der Waals surface area contributed by atoms with Crippen molar-refractivity contribution in [3.05, 3.63) is 0 Å². The molecule has 0 rings (SSSR count). The molecule has 0 saturated carbocycles. The Hall–Kier alpha value is -0.550. The molecule has 11 heavy (non-hydrogen) atoms. The van der Waals surface area contributed by atoms with Gasteiger partial charge < -0.3 is 11.1 Å². The maximum atomic E-state index is 10.7. The lowest BCUT2D eigenvalue weighted by Gasteiger charge is -2.00. The summed E-state index contributed by atoms with van der Waals surface area (Å²) >= 11 is 1.14. The summed E-state index contributed by atoms with van der Waals surface area (Å²) in [6.07, 6.45) is 0.353. The Morgan fingerprint density at radius 1 is 1.64 bits per heavy atom. The predicted molar refractivity (Wildman–Crippen MR) is 45.9 cm³/mol. The zero-order valence-corrected chi connectivity index (χ0v) is 7.02. The summed E-state index contributed by atoms with van der Waals surface area (Å²) in [5.41, 5.74) is 5.90. The fraction of sp³-hybridized carbons (Fsp3) is 0.667. The SMILES string of the molecule is NCCC(=O)NCCSC=O. The van der Waals surface area contributed by atoms with Crippen molar-refractivity contribution in [2.75, 3.05) is 18.8 Å². The van der Waals surface area contributed by atoms with Gasteiger partial charge in [-0.25, -0.2) is 0 Å². The van der Waals surface area contributed by atoms with E-state index in [1.54, 1.807) is 0 Å². The first-order valence-electron chi connectivity index (χ1n) is 3.33. The first-order valence-corrected chi connectivity index (χ1v) is 4.38. The lowest BCUT2D eigenvalue weighted by molar-refractivity contribution is -0.120. The number of nitrogens with two attached hydrogens (primary N) is 1. The maximum absolute atomic E-state index is 10.7. The highest BCUT2D eigenvalue weighted by atomic mass is 32.2. The van der Waals surface area contributed by atoms with Gasteiger partial charge in [0.15, 0.2) is 5.62 Å². The normalized spacial score (nSPS) is 9.18. The van der Waals surface area contributed by atoms with Crippen molar-refractivity contribution in [3.8, 4) is 0 Å². The van der Waals surface area contributed by atoms with Crippen LogP contribution in [0.25, 0.3) is 0 Å². The summed E-state index contributed by atoms with van der Waals surface area (Å²) in [5.74, 6) is 0.568. The molecule has 0 unspecified atom stereocenters. The standard InChI is InChI=1S/C6H12N2O2S/c7-2-1-6(10)8-3-4-11-5-9/h5H,1-4,7H2,(H,8,10). The number of thioether (sulfide) groups is 1. The number of hydrogen-bond donors (Lipinski definition) is 2. The quantitative estimate of drug-likeness (QED) is 0.418. The van der Waals surface area contributed by atoms with E-state index in [2.05, 4.69) is 5.32 Å². The zero-order valence-electron chi connectivity index (χ0n) is 6.21. The summed E-state index contributed by atoms with van der Waals surface area (Å²) < 4.78 is 0. The minimum atomic E-state index is -0.0565. The Morgan fingerprint density at radius 3 is 2.91 bits per heavy atom. The van der Waals surface area contributed by atoms with Crippen molar-refractivity contribution in [3.63, 3.8) is 0 Å². The molecule has 0 radical (unpaired) electrons. The summed E-state index contributed by atoms with van der Waals surface area (Å²) in [4.78, 5) is 20.5. The molecule has 0 aromatic heterocycles. The van der Waals surface area contributed by atoms with E-state index in [1.807, 2.05) is 0 Å². The van der Waals surface area contributed by atoms with Gasteiger partial charge in [-0.15, -0.1) is 0 Å². The minimum absolute atomic E-state index is 0.0565. The third-order valence-electron chi connectivity index (χ3n) is 0.982. The third-order valence-corrected chi connectivity index (χ3v) is 1.56. The van der Waals surface area contributed by atoms with Crippen LogP contribution in [0.3, 0.4) is 0 Å². The molecule has 0 aromatic rings.